The number of aliphatic hydroxyl groups is 1. The summed E-state index contributed by atoms with van der Waals surface area (Å²) in [6.07, 6.45) is 0.194. The van der Waals surface area contributed by atoms with Crippen molar-refractivity contribution in [2.45, 2.75) is 44.6 Å². The predicted molar refractivity (Wildman–Crippen MR) is 111 cm³/mol. The Labute approximate surface area is 169 Å². The predicted octanol–water partition coefficient (Wildman–Crippen LogP) is 4.82. The molecule has 0 bridgehead atoms. The van der Waals surface area contributed by atoms with Gasteiger partial charge in [0.2, 0.25) is 0 Å². The molecule has 2 aromatic carbocycles. The van der Waals surface area contributed by atoms with Crippen molar-refractivity contribution in [1.29, 1.82) is 0 Å². The first kappa shape index (κ1) is 20.7. The van der Waals surface area contributed by atoms with Crippen LogP contribution in [0.2, 0.25) is 0 Å². The lowest BCUT2D eigenvalue weighted by molar-refractivity contribution is 0.129. The van der Waals surface area contributed by atoms with Gasteiger partial charge in [0.25, 0.3) is 0 Å². The molecule has 0 amide bonds. The molecule has 0 saturated carbocycles. The first-order chi connectivity index (χ1) is 14.0. The van der Waals surface area contributed by atoms with Crippen molar-refractivity contribution in [3.05, 3.63) is 93.5 Å². The highest BCUT2D eigenvalue weighted by atomic mass is 16.4. The number of hydrogen-bond donors (Lipinski definition) is 3. The van der Waals surface area contributed by atoms with Gasteiger partial charge in [-0.3, -0.25) is 0 Å². The fourth-order valence-corrected chi connectivity index (χ4v) is 3.79. The number of phenolic OH excluding ortho intramolecular Hbond substituents is 1. The maximum absolute atomic E-state index is 12.8. The minimum atomic E-state index is -0.940. The Balaban J connectivity index is 1.99. The van der Waals surface area contributed by atoms with Crippen LogP contribution in [0.1, 0.15) is 67.1 Å². The van der Waals surface area contributed by atoms with Gasteiger partial charge in [0.05, 0.1) is 11.7 Å². The van der Waals surface area contributed by atoms with Crippen molar-refractivity contribution >= 4 is 0 Å². The average molecular weight is 394 g/mol. The third-order valence-corrected chi connectivity index (χ3v) is 5.37. The Morgan fingerprint density at radius 3 is 2.10 bits per heavy atom. The van der Waals surface area contributed by atoms with E-state index in [1.165, 1.54) is 18.2 Å². The van der Waals surface area contributed by atoms with E-state index in [2.05, 4.69) is 0 Å². The van der Waals surface area contributed by atoms with Crippen molar-refractivity contribution in [2.75, 3.05) is 0 Å². The SMILES string of the molecule is CCC(c1ccccc1)c1c(O)cc([C@@H](CC)[C@@H](O)c2ccc(O)cc2)oc1=O. The van der Waals surface area contributed by atoms with Gasteiger partial charge >= 0.3 is 5.63 Å². The summed E-state index contributed by atoms with van der Waals surface area (Å²) in [5.41, 5.74) is 1.17. The van der Waals surface area contributed by atoms with Crippen LogP contribution >= 0.6 is 0 Å². The molecule has 0 aliphatic heterocycles. The summed E-state index contributed by atoms with van der Waals surface area (Å²) in [6, 6.07) is 17.2. The summed E-state index contributed by atoms with van der Waals surface area (Å²) in [6.45, 7) is 3.83. The Hall–Kier alpha value is -3.05. The summed E-state index contributed by atoms with van der Waals surface area (Å²) in [4.78, 5) is 12.8. The second kappa shape index (κ2) is 8.97. The van der Waals surface area contributed by atoms with Gasteiger partial charge < -0.3 is 19.7 Å². The lowest BCUT2D eigenvalue weighted by Crippen LogP contribution is -2.17. The van der Waals surface area contributed by atoms with E-state index in [-0.39, 0.29) is 28.7 Å². The van der Waals surface area contributed by atoms with Crippen molar-refractivity contribution in [3.8, 4) is 11.5 Å². The second-order valence-electron chi connectivity index (χ2n) is 7.16. The quantitative estimate of drug-likeness (QED) is 0.534. The van der Waals surface area contributed by atoms with Gasteiger partial charge in [-0.1, -0.05) is 56.3 Å². The standard InChI is InChI=1S/C24H26O5/c1-3-18(15-8-6-5-7-9-15)22-20(26)14-21(29-24(22)28)19(4-2)23(27)16-10-12-17(25)13-11-16/h5-14,18-19,23,25-27H,3-4H2,1-2H3/t18?,19-,23+/m1/s1. The topological polar surface area (TPSA) is 90.9 Å². The van der Waals surface area contributed by atoms with Crippen LogP contribution in [0.5, 0.6) is 11.5 Å². The normalized spacial score (nSPS) is 14.3. The Morgan fingerprint density at radius 2 is 1.55 bits per heavy atom. The molecular weight excluding hydrogens is 368 g/mol. The summed E-state index contributed by atoms with van der Waals surface area (Å²) in [5, 5.41) is 30.9. The maximum Gasteiger partial charge on any atom is 0.343 e. The van der Waals surface area contributed by atoms with E-state index in [0.29, 0.717) is 18.4 Å². The number of phenols is 1. The highest BCUT2D eigenvalue weighted by Gasteiger charge is 2.28. The smallest absolute Gasteiger partial charge is 0.343 e. The first-order valence-corrected chi connectivity index (χ1v) is 9.85. The molecule has 3 rings (SSSR count). The molecule has 1 unspecified atom stereocenters. The van der Waals surface area contributed by atoms with Gasteiger partial charge in [-0.25, -0.2) is 4.79 Å². The zero-order valence-electron chi connectivity index (χ0n) is 16.6. The molecule has 152 valence electrons. The monoisotopic (exact) mass is 394 g/mol. The van der Waals surface area contributed by atoms with Crippen molar-refractivity contribution in [1.82, 2.24) is 0 Å². The lowest BCUT2D eigenvalue weighted by Gasteiger charge is -2.22. The third kappa shape index (κ3) is 4.35. The molecule has 1 heterocycles. The van der Waals surface area contributed by atoms with Gasteiger partial charge in [-0.05, 0) is 36.1 Å². The van der Waals surface area contributed by atoms with Gasteiger partial charge in [-0.2, -0.15) is 0 Å². The van der Waals surface area contributed by atoms with Gasteiger partial charge in [0.1, 0.15) is 17.3 Å². The molecule has 0 saturated heterocycles. The zero-order valence-corrected chi connectivity index (χ0v) is 16.6. The highest BCUT2D eigenvalue weighted by molar-refractivity contribution is 5.40. The molecule has 1 aromatic heterocycles. The molecule has 3 N–H and O–H groups in total. The number of rotatable bonds is 7. The lowest BCUT2D eigenvalue weighted by atomic mass is 9.87. The molecular formula is C24H26O5. The number of aromatic hydroxyl groups is 2. The van der Waals surface area contributed by atoms with Crippen LogP contribution in [0.15, 0.2) is 69.9 Å². The molecule has 0 aliphatic rings. The van der Waals surface area contributed by atoms with E-state index in [1.807, 2.05) is 44.2 Å². The van der Waals surface area contributed by atoms with Crippen LogP contribution < -0.4 is 5.63 Å². The van der Waals surface area contributed by atoms with Gasteiger partial charge in [0.15, 0.2) is 0 Å². The fraction of sp³-hybridized carbons (Fsp3) is 0.292. The fourth-order valence-electron chi connectivity index (χ4n) is 3.79. The van der Waals surface area contributed by atoms with Crippen molar-refractivity contribution < 1.29 is 19.7 Å². The van der Waals surface area contributed by atoms with Crippen LogP contribution in [0.25, 0.3) is 0 Å². The molecule has 3 atom stereocenters. The molecule has 0 fully saturated rings. The molecule has 0 radical (unpaired) electrons. The summed E-state index contributed by atoms with van der Waals surface area (Å²) < 4.78 is 5.59. The summed E-state index contributed by atoms with van der Waals surface area (Å²) >= 11 is 0. The zero-order chi connectivity index (χ0) is 21.0. The highest BCUT2D eigenvalue weighted by Crippen LogP contribution is 2.37. The van der Waals surface area contributed by atoms with Gasteiger partial charge in [0, 0.05) is 17.9 Å². The average Bonchev–Trinajstić information content (AvgIpc) is 2.72. The number of benzene rings is 2. The van der Waals surface area contributed by atoms with Crippen LogP contribution in [-0.2, 0) is 0 Å². The van der Waals surface area contributed by atoms with E-state index >= 15 is 0 Å². The molecule has 0 spiro atoms. The van der Waals surface area contributed by atoms with E-state index < -0.39 is 17.6 Å². The van der Waals surface area contributed by atoms with E-state index in [0.717, 1.165) is 5.56 Å². The van der Waals surface area contributed by atoms with E-state index in [4.69, 9.17) is 4.42 Å². The second-order valence-corrected chi connectivity index (χ2v) is 7.16. The summed E-state index contributed by atoms with van der Waals surface area (Å²) in [5.74, 6) is -0.563. The number of hydrogen-bond acceptors (Lipinski definition) is 5. The van der Waals surface area contributed by atoms with E-state index in [9.17, 15) is 20.1 Å². The van der Waals surface area contributed by atoms with Crippen LogP contribution in [-0.4, -0.2) is 15.3 Å². The minimum absolute atomic E-state index is 0.106. The van der Waals surface area contributed by atoms with E-state index in [1.54, 1.807) is 12.1 Å². The van der Waals surface area contributed by atoms with Gasteiger partial charge in [-0.15, -0.1) is 0 Å². The maximum atomic E-state index is 12.8. The Morgan fingerprint density at radius 1 is 0.897 bits per heavy atom. The molecule has 29 heavy (non-hydrogen) atoms. The van der Waals surface area contributed by atoms with Crippen LogP contribution in [0, 0.1) is 0 Å². The van der Waals surface area contributed by atoms with Crippen LogP contribution in [0.3, 0.4) is 0 Å². The molecule has 3 aromatic rings. The van der Waals surface area contributed by atoms with Crippen molar-refractivity contribution in [3.63, 3.8) is 0 Å². The Bertz CT molecular complexity index is 992. The number of aliphatic hydroxyl groups excluding tert-OH is 1. The minimum Gasteiger partial charge on any atom is -0.508 e. The first-order valence-electron chi connectivity index (χ1n) is 9.85. The third-order valence-electron chi connectivity index (χ3n) is 5.37. The molecule has 5 heteroatoms. The largest absolute Gasteiger partial charge is 0.508 e. The Kier molecular flexibility index (Phi) is 6.39. The molecule has 0 aliphatic carbocycles. The van der Waals surface area contributed by atoms with Crippen molar-refractivity contribution in [2.24, 2.45) is 0 Å². The van der Waals surface area contributed by atoms with Crippen LogP contribution in [0.4, 0.5) is 0 Å². The molecule has 5 nitrogen and oxygen atoms in total. The summed E-state index contributed by atoms with van der Waals surface area (Å²) in [7, 11) is 0.